The number of nitrogens with one attached hydrogen (secondary N) is 1. The lowest BCUT2D eigenvalue weighted by atomic mass is 10.1. The highest BCUT2D eigenvalue weighted by atomic mass is 16.1. The molecule has 0 unspecified atom stereocenters. The van der Waals surface area contributed by atoms with Crippen LogP contribution in [0.15, 0.2) is 4.79 Å². The predicted molar refractivity (Wildman–Crippen MR) is 66.0 cm³/mol. The van der Waals surface area contributed by atoms with Crippen LogP contribution < -0.4 is 5.43 Å². The highest BCUT2D eigenvalue weighted by Crippen LogP contribution is 2.19. The molecule has 0 aromatic carbocycles. The SMILES string of the molecule is Cc1nc2c(=O)c(C)c(C)[nH]c2c(C)c1C. The molecule has 0 amide bonds. The van der Waals surface area contributed by atoms with E-state index in [4.69, 9.17) is 0 Å². The Bertz CT molecular complexity index is 639. The molecule has 0 radical (unpaired) electrons. The summed E-state index contributed by atoms with van der Waals surface area (Å²) in [5.41, 5.74) is 6.33. The molecule has 2 aromatic rings. The molecule has 0 aliphatic carbocycles. The maximum atomic E-state index is 12.1. The zero-order valence-corrected chi connectivity index (χ0v) is 10.4. The van der Waals surface area contributed by atoms with E-state index < -0.39 is 0 Å². The van der Waals surface area contributed by atoms with Gasteiger partial charge < -0.3 is 4.98 Å². The number of aromatic amines is 1. The van der Waals surface area contributed by atoms with E-state index in [1.807, 2.05) is 34.6 Å². The summed E-state index contributed by atoms with van der Waals surface area (Å²) >= 11 is 0. The molecule has 84 valence electrons. The van der Waals surface area contributed by atoms with E-state index in [9.17, 15) is 4.79 Å². The molecule has 0 aliphatic rings. The van der Waals surface area contributed by atoms with Crippen molar-refractivity contribution in [1.82, 2.24) is 9.97 Å². The number of hydrogen-bond acceptors (Lipinski definition) is 2. The topological polar surface area (TPSA) is 45.8 Å². The number of aryl methyl sites for hydroxylation is 3. The molecule has 16 heavy (non-hydrogen) atoms. The second-order valence-corrected chi connectivity index (χ2v) is 4.37. The Hall–Kier alpha value is -1.64. The number of fused-ring (bicyclic) bond motifs is 1. The normalized spacial score (nSPS) is 11.1. The summed E-state index contributed by atoms with van der Waals surface area (Å²) in [4.78, 5) is 19.7. The molecule has 0 aliphatic heterocycles. The van der Waals surface area contributed by atoms with E-state index in [1.165, 1.54) is 0 Å². The Labute approximate surface area is 94.5 Å². The van der Waals surface area contributed by atoms with Crippen LogP contribution in [0.25, 0.3) is 11.0 Å². The minimum atomic E-state index is 0.0393. The van der Waals surface area contributed by atoms with Gasteiger partial charge in [0, 0.05) is 17.0 Å². The predicted octanol–water partition coefficient (Wildman–Crippen LogP) is 2.47. The standard InChI is InChI=1S/C13H16N2O/c1-6-7(2)11-12(15-9(6)4)13(16)8(3)10(5)14-11/h1-5H3,(H,14,16). The van der Waals surface area contributed by atoms with Crippen molar-refractivity contribution in [2.45, 2.75) is 34.6 Å². The third kappa shape index (κ3) is 1.35. The van der Waals surface area contributed by atoms with Gasteiger partial charge in [-0.15, -0.1) is 0 Å². The fourth-order valence-electron chi connectivity index (χ4n) is 1.89. The minimum Gasteiger partial charge on any atom is -0.357 e. The van der Waals surface area contributed by atoms with Crippen molar-refractivity contribution >= 4 is 11.0 Å². The van der Waals surface area contributed by atoms with E-state index in [1.54, 1.807) is 0 Å². The molecule has 1 N–H and O–H groups in total. The van der Waals surface area contributed by atoms with E-state index in [0.29, 0.717) is 5.52 Å². The second kappa shape index (κ2) is 3.44. The van der Waals surface area contributed by atoms with Crippen molar-refractivity contribution in [1.29, 1.82) is 0 Å². The fraction of sp³-hybridized carbons (Fsp3) is 0.385. The van der Waals surface area contributed by atoms with Gasteiger partial charge in [0.25, 0.3) is 0 Å². The molecule has 0 spiro atoms. The van der Waals surface area contributed by atoms with Crippen molar-refractivity contribution in [3.8, 4) is 0 Å². The lowest BCUT2D eigenvalue weighted by Crippen LogP contribution is -2.13. The molecule has 0 atom stereocenters. The average Bonchev–Trinajstić information content (AvgIpc) is 2.25. The Morgan fingerprint density at radius 1 is 0.938 bits per heavy atom. The van der Waals surface area contributed by atoms with Crippen LogP contribution in [-0.2, 0) is 0 Å². The van der Waals surface area contributed by atoms with Crippen LogP contribution >= 0.6 is 0 Å². The summed E-state index contributed by atoms with van der Waals surface area (Å²) in [6.45, 7) is 9.75. The van der Waals surface area contributed by atoms with Gasteiger partial charge in [-0.2, -0.15) is 0 Å². The first-order valence-electron chi connectivity index (χ1n) is 5.40. The number of rotatable bonds is 0. The maximum absolute atomic E-state index is 12.1. The van der Waals surface area contributed by atoms with Crippen LogP contribution in [0.3, 0.4) is 0 Å². The van der Waals surface area contributed by atoms with Crippen molar-refractivity contribution in [3.05, 3.63) is 38.3 Å². The van der Waals surface area contributed by atoms with Crippen LogP contribution in [0.1, 0.15) is 28.1 Å². The Kier molecular flexibility index (Phi) is 2.34. The summed E-state index contributed by atoms with van der Waals surface area (Å²) in [5.74, 6) is 0. The van der Waals surface area contributed by atoms with Crippen LogP contribution in [0.2, 0.25) is 0 Å². The molecule has 0 saturated carbocycles. The molecule has 3 heteroatoms. The lowest BCUT2D eigenvalue weighted by molar-refractivity contribution is 1.10. The monoisotopic (exact) mass is 216 g/mol. The van der Waals surface area contributed by atoms with E-state index in [-0.39, 0.29) is 5.43 Å². The maximum Gasteiger partial charge on any atom is 0.210 e. The number of pyridine rings is 2. The van der Waals surface area contributed by atoms with Crippen molar-refractivity contribution < 1.29 is 0 Å². The molecule has 0 bridgehead atoms. The highest BCUT2D eigenvalue weighted by molar-refractivity contribution is 5.80. The van der Waals surface area contributed by atoms with Gasteiger partial charge >= 0.3 is 0 Å². The lowest BCUT2D eigenvalue weighted by Gasteiger charge is -2.10. The molecule has 3 nitrogen and oxygen atoms in total. The van der Waals surface area contributed by atoms with Gasteiger partial charge in [-0.05, 0) is 45.7 Å². The highest BCUT2D eigenvalue weighted by Gasteiger charge is 2.11. The first kappa shape index (κ1) is 10.9. The van der Waals surface area contributed by atoms with Gasteiger partial charge in [-0.1, -0.05) is 0 Å². The number of H-pyrrole nitrogens is 1. The third-order valence-electron chi connectivity index (χ3n) is 3.43. The van der Waals surface area contributed by atoms with Gasteiger partial charge in [0.15, 0.2) is 0 Å². The van der Waals surface area contributed by atoms with Crippen LogP contribution in [0.5, 0.6) is 0 Å². The van der Waals surface area contributed by atoms with Gasteiger partial charge in [-0.25, -0.2) is 4.98 Å². The van der Waals surface area contributed by atoms with Crippen LogP contribution in [0.4, 0.5) is 0 Å². The molecule has 2 heterocycles. The molecule has 0 fully saturated rings. The minimum absolute atomic E-state index is 0.0393. The van der Waals surface area contributed by atoms with E-state index in [0.717, 1.165) is 33.6 Å². The van der Waals surface area contributed by atoms with E-state index in [2.05, 4.69) is 9.97 Å². The number of nitrogens with zero attached hydrogens (tertiary/aromatic N) is 1. The average molecular weight is 216 g/mol. The van der Waals surface area contributed by atoms with Crippen LogP contribution in [-0.4, -0.2) is 9.97 Å². The van der Waals surface area contributed by atoms with Crippen molar-refractivity contribution in [2.24, 2.45) is 0 Å². The summed E-state index contributed by atoms with van der Waals surface area (Å²) in [5, 5.41) is 0. The van der Waals surface area contributed by atoms with Crippen molar-refractivity contribution in [2.75, 3.05) is 0 Å². The van der Waals surface area contributed by atoms with Gasteiger partial charge in [0.1, 0.15) is 5.52 Å². The molecule has 2 aromatic heterocycles. The molecular weight excluding hydrogens is 200 g/mol. The Balaban J connectivity index is 3.09. The van der Waals surface area contributed by atoms with E-state index >= 15 is 0 Å². The van der Waals surface area contributed by atoms with Crippen LogP contribution in [0, 0.1) is 34.6 Å². The Morgan fingerprint density at radius 2 is 1.56 bits per heavy atom. The Morgan fingerprint density at radius 3 is 2.19 bits per heavy atom. The third-order valence-corrected chi connectivity index (χ3v) is 3.43. The van der Waals surface area contributed by atoms with Gasteiger partial charge in [0.2, 0.25) is 5.43 Å². The molecule has 2 rings (SSSR count). The second-order valence-electron chi connectivity index (χ2n) is 4.37. The van der Waals surface area contributed by atoms with Gasteiger partial charge in [0.05, 0.1) is 5.52 Å². The number of aromatic nitrogens is 2. The molecule has 0 saturated heterocycles. The summed E-state index contributed by atoms with van der Waals surface area (Å²) in [6.07, 6.45) is 0. The number of hydrogen-bond donors (Lipinski definition) is 1. The summed E-state index contributed by atoms with van der Waals surface area (Å²) in [6, 6.07) is 0. The smallest absolute Gasteiger partial charge is 0.210 e. The fourth-order valence-corrected chi connectivity index (χ4v) is 1.89. The molecular formula is C13H16N2O. The summed E-state index contributed by atoms with van der Waals surface area (Å²) < 4.78 is 0. The largest absolute Gasteiger partial charge is 0.357 e. The first-order valence-corrected chi connectivity index (χ1v) is 5.40. The van der Waals surface area contributed by atoms with Crippen molar-refractivity contribution in [3.63, 3.8) is 0 Å². The van der Waals surface area contributed by atoms with Gasteiger partial charge in [-0.3, -0.25) is 4.79 Å². The quantitative estimate of drug-likeness (QED) is 0.735. The zero-order chi connectivity index (χ0) is 12.0. The summed E-state index contributed by atoms with van der Waals surface area (Å²) in [7, 11) is 0. The zero-order valence-electron chi connectivity index (χ0n) is 10.4. The first-order chi connectivity index (χ1) is 7.43.